The zero-order chi connectivity index (χ0) is 26.6. The van der Waals surface area contributed by atoms with Crippen LogP contribution in [-0.4, -0.2) is 23.4 Å². The molecule has 0 radical (unpaired) electrons. The van der Waals surface area contributed by atoms with Crippen molar-refractivity contribution in [2.45, 2.75) is 44.0 Å². The predicted molar refractivity (Wildman–Crippen MR) is 156 cm³/mol. The summed E-state index contributed by atoms with van der Waals surface area (Å²) in [5.41, 5.74) is 2.74. The summed E-state index contributed by atoms with van der Waals surface area (Å²) in [7, 11) is 1.37. The lowest BCUT2D eigenvalue weighted by molar-refractivity contribution is -0.136. The van der Waals surface area contributed by atoms with E-state index < -0.39 is 12.0 Å². The first kappa shape index (κ1) is 26.2. The monoisotopic (exact) mass is 542 g/mol. The molecule has 0 saturated heterocycles. The second-order valence-corrected chi connectivity index (χ2v) is 11.2. The first-order valence-electron chi connectivity index (χ1n) is 12.9. The first-order valence-corrected chi connectivity index (χ1v) is 14.7. The Hall–Kier alpha value is -3.42. The number of rotatable bonds is 8. The molecule has 3 aromatic carbocycles. The Balaban J connectivity index is 1.70. The maximum absolute atomic E-state index is 13.9. The number of aromatic nitrogens is 1. The number of benzene rings is 3. The molecule has 5 rings (SSSR count). The fourth-order valence-electron chi connectivity index (χ4n) is 4.83. The number of ether oxygens (including phenoxy) is 1. The van der Waals surface area contributed by atoms with Crippen molar-refractivity contribution in [2.75, 3.05) is 12.9 Å². The molecule has 0 saturated carbocycles. The molecule has 2 heterocycles. The summed E-state index contributed by atoms with van der Waals surface area (Å²) in [6, 6.07) is 21.6. The third kappa shape index (κ3) is 4.88. The van der Waals surface area contributed by atoms with Crippen LogP contribution in [0, 0.1) is 0 Å². The number of unbranched alkanes of at least 4 members (excludes halogenated alkanes) is 1. The van der Waals surface area contributed by atoms with E-state index in [2.05, 4.69) is 37.3 Å². The first-order chi connectivity index (χ1) is 18.6. The van der Waals surface area contributed by atoms with Gasteiger partial charge < -0.3 is 4.74 Å². The van der Waals surface area contributed by atoms with Crippen molar-refractivity contribution in [1.29, 1.82) is 0 Å². The van der Waals surface area contributed by atoms with Crippen LogP contribution in [0.4, 0.5) is 0 Å². The van der Waals surface area contributed by atoms with Crippen LogP contribution in [0.2, 0.25) is 0 Å². The van der Waals surface area contributed by atoms with Gasteiger partial charge in [-0.05, 0) is 52.6 Å². The molecular formula is C31H30N2O3S2. The summed E-state index contributed by atoms with van der Waals surface area (Å²) in [5.74, 6) is 0.621. The van der Waals surface area contributed by atoms with Gasteiger partial charge in [-0.3, -0.25) is 9.36 Å². The summed E-state index contributed by atoms with van der Waals surface area (Å²) in [6.07, 6.45) is 4.87. The highest BCUT2D eigenvalue weighted by Gasteiger charge is 2.33. The number of methoxy groups -OCH3 is 1. The Kier molecular flexibility index (Phi) is 7.95. The van der Waals surface area contributed by atoms with Crippen molar-refractivity contribution in [3.05, 3.63) is 109 Å². The van der Waals surface area contributed by atoms with Gasteiger partial charge >= 0.3 is 5.97 Å². The van der Waals surface area contributed by atoms with Crippen molar-refractivity contribution in [3.63, 3.8) is 0 Å². The summed E-state index contributed by atoms with van der Waals surface area (Å²) < 4.78 is 7.38. The van der Waals surface area contributed by atoms with Crippen LogP contribution in [0.15, 0.2) is 92.7 Å². The molecule has 1 aliphatic rings. The maximum Gasteiger partial charge on any atom is 0.338 e. The average molecular weight is 543 g/mol. The molecule has 0 unspecified atom stereocenters. The van der Waals surface area contributed by atoms with Crippen LogP contribution >= 0.6 is 23.1 Å². The van der Waals surface area contributed by atoms with E-state index in [0.717, 1.165) is 22.3 Å². The highest BCUT2D eigenvalue weighted by Crippen LogP contribution is 2.33. The highest BCUT2D eigenvalue weighted by molar-refractivity contribution is 7.99. The molecular weight excluding hydrogens is 512 g/mol. The van der Waals surface area contributed by atoms with Crippen LogP contribution in [-0.2, 0) is 9.53 Å². The average Bonchev–Trinajstić information content (AvgIpc) is 3.27. The lowest BCUT2D eigenvalue weighted by Gasteiger charge is -2.25. The number of carbonyl (C=O) groups is 1. The minimum Gasteiger partial charge on any atom is -0.466 e. The molecule has 0 amide bonds. The number of hydrogen-bond acceptors (Lipinski definition) is 6. The molecule has 38 heavy (non-hydrogen) atoms. The van der Waals surface area contributed by atoms with E-state index in [9.17, 15) is 9.59 Å². The van der Waals surface area contributed by atoms with Crippen molar-refractivity contribution in [1.82, 2.24) is 4.57 Å². The van der Waals surface area contributed by atoms with Crippen LogP contribution in [0.3, 0.4) is 0 Å². The Morgan fingerprint density at radius 2 is 1.79 bits per heavy atom. The van der Waals surface area contributed by atoms with Crippen molar-refractivity contribution in [3.8, 4) is 0 Å². The van der Waals surface area contributed by atoms with E-state index in [0.29, 0.717) is 27.0 Å². The smallest absolute Gasteiger partial charge is 0.338 e. The predicted octanol–water partition coefficient (Wildman–Crippen LogP) is 5.84. The van der Waals surface area contributed by atoms with E-state index >= 15 is 0 Å². The molecule has 0 bridgehead atoms. The van der Waals surface area contributed by atoms with Gasteiger partial charge in [-0.15, -0.1) is 11.8 Å². The fraction of sp³-hybridized carbons (Fsp3) is 0.258. The lowest BCUT2D eigenvalue weighted by atomic mass is 9.95. The zero-order valence-electron chi connectivity index (χ0n) is 21.8. The van der Waals surface area contributed by atoms with Crippen LogP contribution in [0.5, 0.6) is 0 Å². The quantitative estimate of drug-likeness (QED) is 0.159. The van der Waals surface area contributed by atoms with Gasteiger partial charge in [-0.1, -0.05) is 92.3 Å². The lowest BCUT2D eigenvalue weighted by Crippen LogP contribution is -2.40. The van der Waals surface area contributed by atoms with Crippen LogP contribution < -0.4 is 14.9 Å². The van der Waals surface area contributed by atoms with Crippen molar-refractivity contribution >= 4 is 45.9 Å². The van der Waals surface area contributed by atoms with Gasteiger partial charge in [0.05, 0.1) is 29.0 Å². The summed E-state index contributed by atoms with van der Waals surface area (Å²) in [5, 5.41) is 2.31. The Morgan fingerprint density at radius 1 is 1.05 bits per heavy atom. The van der Waals surface area contributed by atoms with E-state index in [1.807, 2.05) is 61.2 Å². The minimum atomic E-state index is -0.592. The highest BCUT2D eigenvalue weighted by atomic mass is 32.2. The molecule has 0 N–H and O–H groups in total. The molecule has 1 aromatic heterocycles. The Morgan fingerprint density at radius 3 is 2.50 bits per heavy atom. The standard InChI is InChI=1S/C31H30N2O3S2/c1-4-6-18-37-25-17-16-21(22-14-10-11-15-23(22)25)19-26-29(34)33-28(20-12-8-7-9-13-20)27(30(35)36-3)24(5-2)32-31(33)38-26/h7-17,19,28H,4-6,18H2,1-3H3/b26-19-/t28-/m0/s1. The molecule has 194 valence electrons. The number of thioether (sulfide) groups is 1. The molecule has 1 aliphatic heterocycles. The third-order valence-corrected chi connectivity index (χ3v) is 8.87. The summed E-state index contributed by atoms with van der Waals surface area (Å²) in [6.45, 7) is 4.17. The fourth-order valence-corrected chi connectivity index (χ4v) is 6.99. The van der Waals surface area contributed by atoms with Gasteiger partial charge in [-0.25, -0.2) is 9.79 Å². The van der Waals surface area contributed by atoms with Gasteiger partial charge in [0.1, 0.15) is 0 Å². The molecule has 7 heteroatoms. The Bertz CT molecular complexity index is 1700. The number of fused-ring (bicyclic) bond motifs is 2. The Labute approximate surface area is 230 Å². The van der Waals surface area contributed by atoms with Gasteiger partial charge in [0, 0.05) is 4.90 Å². The third-order valence-electron chi connectivity index (χ3n) is 6.73. The van der Waals surface area contributed by atoms with Gasteiger partial charge in [0.2, 0.25) is 0 Å². The number of hydrogen-bond donors (Lipinski definition) is 0. The second-order valence-electron chi connectivity index (χ2n) is 9.10. The largest absolute Gasteiger partial charge is 0.466 e. The van der Waals surface area contributed by atoms with E-state index in [1.54, 1.807) is 4.57 Å². The van der Waals surface area contributed by atoms with E-state index in [1.165, 1.54) is 41.6 Å². The van der Waals surface area contributed by atoms with E-state index in [-0.39, 0.29) is 5.56 Å². The molecule has 4 aromatic rings. The number of allylic oxidation sites excluding steroid dienone is 1. The van der Waals surface area contributed by atoms with Gasteiger partial charge in [0.15, 0.2) is 4.80 Å². The SMILES string of the molecule is CCCCSc1ccc(/C=c2\sc3n(c2=O)[C@@H](c2ccccc2)C(C(=O)OC)=C(CC)N=3)c2ccccc12. The van der Waals surface area contributed by atoms with E-state index in [4.69, 9.17) is 9.73 Å². The molecule has 5 nitrogen and oxygen atoms in total. The number of carbonyl (C=O) groups excluding carboxylic acids is 1. The molecule has 1 atom stereocenters. The van der Waals surface area contributed by atoms with Gasteiger partial charge in [0.25, 0.3) is 5.56 Å². The normalized spacial score (nSPS) is 15.4. The zero-order valence-corrected chi connectivity index (χ0v) is 23.4. The second kappa shape index (κ2) is 11.5. The maximum atomic E-state index is 13.9. The van der Waals surface area contributed by atoms with Crippen LogP contribution in [0.1, 0.15) is 50.3 Å². The van der Waals surface area contributed by atoms with Gasteiger partial charge in [-0.2, -0.15) is 0 Å². The number of thiazole rings is 1. The summed E-state index contributed by atoms with van der Waals surface area (Å²) >= 11 is 3.24. The number of esters is 1. The van der Waals surface area contributed by atoms with Crippen molar-refractivity contribution < 1.29 is 9.53 Å². The molecule has 0 fully saturated rings. The van der Waals surface area contributed by atoms with Crippen molar-refractivity contribution in [2.24, 2.45) is 4.99 Å². The number of nitrogens with zero attached hydrogens (tertiary/aromatic N) is 2. The molecule has 0 aliphatic carbocycles. The summed E-state index contributed by atoms with van der Waals surface area (Å²) in [4.78, 5) is 33.5. The minimum absolute atomic E-state index is 0.162. The van der Waals surface area contributed by atoms with Crippen LogP contribution in [0.25, 0.3) is 16.8 Å². The molecule has 0 spiro atoms. The topological polar surface area (TPSA) is 60.7 Å².